The Morgan fingerprint density at radius 3 is 2.53 bits per heavy atom. The van der Waals surface area contributed by atoms with Gasteiger partial charge in [-0.2, -0.15) is 0 Å². The highest BCUT2D eigenvalue weighted by atomic mass is 16.5. The van der Waals surface area contributed by atoms with Crippen LogP contribution in [0.1, 0.15) is 19.4 Å². The topological polar surface area (TPSA) is 41.8 Å². The molecule has 1 aromatic carbocycles. The Hall–Kier alpha value is -1.51. The van der Waals surface area contributed by atoms with E-state index in [2.05, 4.69) is 18.8 Å². The van der Waals surface area contributed by atoms with Crippen LogP contribution in [0.15, 0.2) is 29.3 Å². The number of phenols is 1. The molecule has 1 aliphatic rings. The maximum absolute atomic E-state index is 9.14. The van der Waals surface area contributed by atoms with Crippen LogP contribution in [0.25, 0.3) is 0 Å². The Morgan fingerprint density at radius 2 is 2.00 bits per heavy atom. The first-order chi connectivity index (χ1) is 7.05. The summed E-state index contributed by atoms with van der Waals surface area (Å²) in [4.78, 5) is 4.47. The summed E-state index contributed by atoms with van der Waals surface area (Å²) < 4.78 is 5.49. The third-order valence-electron chi connectivity index (χ3n) is 2.31. The van der Waals surface area contributed by atoms with Crippen molar-refractivity contribution in [1.82, 2.24) is 0 Å². The quantitative estimate of drug-likeness (QED) is 0.803. The van der Waals surface area contributed by atoms with Gasteiger partial charge in [0.05, 0.1) is 5.54 Å². The van der Waals surface area contributed by atoms with Crippen LogP contribution in [0, 0.1) is 0 Å². The number of nitrogens with zero attached hydrogens (tertiary/aromatic N) is 1. The van der Waals surface area contributed by atoms with Crippen molar-refractivity contribution >= 4 is 5.90 Å². The first kappa shape index (κ1) is 10.0. The van der Waals surface area contributed by atoms with E-state index in [1.165, 1.54) is 0 Å². The van der Waals surface area contributed by atoms with Gasteiger partial charge in [0.15, 0.2) is 5.90 Å². The van der Waals surface area contributed by atoms with E-state index in [0.717, 1.165) is 11.5 Å². The summed E-state index contributed by atoms with van der Waals surface area (Å²) in [6.45, 7) is 4.76. The van der Waals surface area contributed by atoms with Crippen molar-refractivity contribution in [3.05, 3.63) is 29.8 Å². The summed E-state index contributed by atoms with van der Waals surface area (Å²) in [6.07, 6.45) is 0.698. The summed E-state index contributed by atoms with van der Waals surface area (Å²) in [5, 5.41) is 9.14. The van der Waals surface area contributed by atoms with Gasteiger partial charge in [0.25, 0.3) is 0 Å². The lowest BCUT2D eigenvalue weighted by molar-refractivity contribution is 0.275. The van der Waals surface area contributed by atoms with Crippen molar-refractivity contribution in [1.29, 1.82) is 0 Å². The van der Waals surface area contributed by atoms with Gasteiger partial charge in [-0.3, -0.25) is 0 Å². The van der Waals surface area contributed by atoms with Crippen molar-refractivity contribution in [3.63, 3.8) is 0 Å². The molecule has 0 fully saturated rings. The molecule has 80 valence electrons. The number of rotatable bonds is 2. The third-order valence-corrected chi connectivity index (χ3v) is 2.31. The zero-order valence-corrected chi connectivity index (χ0v) is 9.03. The fourth-order valence-electron chi connectivity index (χ4n) is 1.54. The van der Waals surface area contributed by atoms with Crippen LogP contribution >= 0.6 is 0 Å². The second-order valence-electron chi connectivity index (χ2n) is 4.45. The summed E-state index contributed by atoms with van der Waals surface area (Å²) in [5.41, 5.74) is 1.01. The highest BCUT2D eigenvalue weighted by Gasteiger charge is 2.25. The molecular weight excluding hydrogens is 190 g/mol. The Kier molecular flexibility index (Phi) is 2.39. The van der Waals surface area contributed by atoms with Gasteiger partial charge < -0.3 is 9.84 Å². The van der Waals surface area contributed by atoms with E-state index in [4.69, 9.17) is 9.84 Å². The molecule has 3 nitrogen and oxygen atoms in total. The van der Waals surface area contributed by atoms with Gasteiger partial charge in [0.2, 0.25) is 0 Å². The predicted molar refractivity (Wildman–Crippen MR) is 59.3 cm³/mol. The Morgan fingerprint density at radius 1 is 1.33 bits per heavy atom. The average Bonchev–Trinajstić information content (AvgIpc) is 2.50. The van der Waals surface area contributed by atoms with Gasteiger partial charge in [-0.1, -0.05) is 12.1 Å². The van der Waals surface area contributed by atoms with E-state index in [9.17, 15) is 0 Å². The average molecular weight is 205 g/mol. The maximum atomic E-state index is 9.14. The van der Waals surface area contributed by atoms with Gasteiger partial charge in [0, 0.05) is 6.42 Å². The van der Waals surface area contributed by atoms with Crippen LogP contribution in [-0.4, -0.2) is 23.2 Å². The molecule has 0 unspecified atom stereocenters. The number of phenolic OH excluding ortho intramolecular Hbond substituents is 1. The molecule has 0 bridgehead atoms. The zero-order chi connectivity index (χ0) is 10.9. The van der Waals surface area contributed by atoms with Crippen molar-refractivity contribution in [2.75, 3.05) is 6.61 Å². The second kappa shape index (κ2) is 3.57. The van der Waals surface area contributed by atoms with Crippen LogP contribution in [0.2, 0.25) is 0 Å². The van der Waals surface area contributed by atoms with Gasteiger partial charge in [-0.15, -0.1) is 0 Å². The number of aliphatic imine (C=N–C) groups is 1. The first-order valence-corrected chi connectivity index (χ1v) is 5.05. The Bertz CT molecular complexity index is 379. The van der Waals surface area contributed by atoms with Crippen molar-refractivity contribution < 1.29 is 9.84 Å². The lowest BCUT2D eigenvalue weighted by Crippen LogP contribution is -2.17. The fourth-order valence-corrected chi connectivity index (χ4v) is 1.54. The highest BCUT2D eigenvalue weighted by Crippen LogP contribution is 2.19. The van der Waals surface area contributed by atoms with E-state index in [1.807, 2.05) is 12.1 Å². The molecule has 0 saturated heterocycles. The molecule has 1 aliphatic heterocycles. The second-order valence-corrected chi connectivity index (χ2v) is 4.45. The normalized spacial score (nSPS) is 18.4. The number of aromatic hydroxyl groups is 1. The molecule has 1 aromatic rings. The predicted octanol–water partition coefficient (Wildman–Crippen LogP) is 2.14. The maximum Gasteiger partial charge on any atom is 0.188 e. The Labute approximate surface area is 89.4 Å². The van der Waals surface area contributed by atoms with Crippen molar-refractivity contribution in [2.45, 2.75) is 25.8 Å². The van der Waals surface area contributed by atoms with Gasteiger partial charge in [0.1, 0.15) is 12.4 Å². The summed E-state index contributed by atoms with van der Waals surface area (Å²) in [6, 6.07) is 7.12. The van der Waals surface area contributed by atoms with Gasteiger partial charge in [-0.25, -0.2) is 4.99 Å². The number of hydrogen-bond acceptors (Lipinski definition) is 3. The van der Waals surface area contributed by atoms with E-state index in [1.54, 1.807) is 12.1 Å². The highest BCUT2D eigenvalue weighted by molar-refractivity contribution is 5.80. The molecular formula is C12H15NO2. The number of hydrogen-bond donors (Lipinski definition) is 1. The number of benzene rings is 1. The lowest BCUT2D eigenvalue weighted by Gasteiger charge is -2.07. The molecule has 15 heavy (non-hydrogen) atoms. The molecule has 0 radical (unpaired) electrons. The van der Waals surface area contributed by atoms with Crippen LogP contribution < -0.4 is 0 Å². The first-order valence-electron chi connectivity index (χ1n) is 5.05. The van der Waals surface area contributed by atoms with Crippen LogP contribution in [0.3, 0.4) is 0 Å². The lowest BCUT2D eigenvalue weighted by atomic mass is 10.1. The smallest absolute Gasteiger partial charge is 0.188 e. The molecule has 0 amide bonds. The minimum atomic E-state index is -0.0910. The minimum Gasteiger partial charge on any atom is -0.508 e. The molecule has 1 N–H and O–H groups in total. The zero-order valence-electron chi connectivity index (χ0n) is 9.03. The van der Waals surface area contributed by atoms with Crippen LogP contribution in [0.4, 0.5) is 0 Å². The van der Waals surface area contributed by atoms with Crippen molar-refractivity contribution in [2.24, 2.45) is 4.99 Å². The molecule has 0 atom stereocenters. The Balaban J connectivity index is 2.07. The van der Waals surface area contributed by atoms with Gasteiger partial charge in [-0.05, 0) is 31.5 Å². The molecule has 1 heterocycles. The van der Waals surface area contributed by atoms with E-state index in [-0.39, 0.29) is 11.3 Å². The summed E-state index contributed by atoms with van der Waals surface area (Å²) in [5.74, 6) is 1.07. The molecule has 0 aliphatic carbocycles. The van der Waals surface area contributed by atoms with Crippen LogP contribution in [0.5, 0.6) is 5.75 Å². The molecule has 0 saturated carbocycles. The fraction of sp³-hybridized carbons (Fsp3) is 0.417. The monoisotopic (exact) mass is 205 g/mol. The van der Waals surface area contributed by atoms with Crippen molar-refractivity contribution in [3.8, 4) is 5.75 Å². The molecule has 0 spiro atoms. The molecule has 0 aromatic heterocycles. The van der Waals surface area contributed by atoms with Crippen LogP contribution in [-0.2, 0) is 11.2 Å². The minimum absolute atomic E-state index is 0.0910. The summed E-state index contributed by atoms with van der Waals surface area (Å²) in [7, 11) is 0. The third kappa shape index (κ3) is 2.49. The number of ether oxygens (including phenoxy) is 1. The largest absolute Gasteiger partial charge is 0.508 e. The van der Waals surface area contributed by atoms with E-state index >= 15 is 0 Å². The standard InChI is InChI=1S/C12H15NO2/c1-12(2)8-15-11(13-12)7-9-3-5-10(14)6-4-9/h3-6,14H,7-8H2,1-2H3. The summed E-state index contributed by atoms with van der Waals surface area (Å²) >= 11 is 0. The van der Waals surface area contributed by atoms with E-state index in [0.29, 0.717) is 13.0 Å². The van der Waals surface area contributed by atoms with Gasteiger partial charge >= 0.3 is 0 Å². The van der Waals surface area contributed by atoms with E-state index < -0.39 is 0 Å². The SMILES string of the molecule is CC1(C)COC(Cc2ccc(O)cc2)=N1. The molecule has 3 heteroatoms. The molecule has 2 rings (SSSR count).